The molecule has 1 aromatic heterocycles. The minimum absolute atomic E-state index is 0.0214. The number of para-hydroxylation sites is 2. The van der Waals surface area contributed by atoms with Gasteiger partial charge in [0.1, 0.15) is 72.6 Å². The second-order valence-corrected chi connectivity index (χ2v) is 29.1. The lowest BCUT2D eigenvalue weighted by atomic mass is 9.96. The number of esters is 1. The molecule has 1 fully saturated rings. The molecule has 0 radical (unpaired) electrons. The van der Waals surface area contributed by atoms with Gasteiger partial charge < -0.3 is 122 Å². The Labute approximate surface area is 717 Å². The van der Waals surface area contributed by atoms with Gasteiger partial charge in [-0.25, -0.2) is 4.79 Å². The molecule has 0 bridgehead atoms. The zero-order valence-corrected chi connectivity index (χ0v) is 67.9. The topological polar surface area (TPSA) is 702 Å². The number of cyclic esters (lactones) is 1. The van der Waals surface area contributed by atoms with E-state index in [0.717, 1.165) is 31.9 Å². The number of H-pyrrole nitrogens is 1. The van der Waals surface area contributed by atoms with Crippen LogP contribution in [0.5, 0.6) is 0 Å². The maximum Gasteiger partial charge on any atom is 0.329 e. The Morgan fingerprint density at radius 3 is 1.63 bits per heavy atom. The van der Waals surface area contributed by atoms with E-state index in [4.69, 9.17) is 21.9 Å². The summed E-state index contributed by atoms with van der Waals surface area (Å²) in [6.07, 6.45) is -8.62. The number of ether oxygens (including phenoxy) is 1. The van der Waals surface area contributed by atoms with Crippen molar-refractivity contribution in [3.63, 3.8) is 0 Å². The summed E-state index contributed by atoms with van der Waals surface area (Å²) in [4.78, 5) is 278. The average molecular weight is 1750 g/mol. The van der Waals surface area contributed by atoms with Gasteiger partial charge in [0.05, 0.1) is 51.8 Å². The van der Waals surface area contributed by atoms with Crippen LogP contribution >= 0.6 is 0 Å². The molecule has 6 aromatic rings. The van der Waals surface area contributed by atoms with Gasteiger partial charge in [-0.15, -0.1) is 0 Å². The van der Waals surface area contributed by atoms with Gasteiger partial charge >= 0.3 is 29.8 Å². The van der Waals surface area contributed by atoms with Crippen LogP contribution in [0.1, 0.15) is 110 Å². The number of Topliss-reactive ketones (excluding diaryl/α,β-unsaturated/α-hetero) is 1. The maximum absolute atomic E-state index is 14.9. The smallest absolute Gasteiger partial charge is 0.329 e. The number of carboxylic acid groups (broad SMARTS) is 4. The minimum Gasteiger partial charge on any atom is -0.481 e. The Morgan fingerprint density at radius 2 is 1.04 bits per heavy atom. The number of aliphatic carboxylic acids is 4. The van der Waals surface area contributed by atoms with Crippen LogP contribution in [0.15, 0.2) is 134 Å². The number of primary amides is 1. The van der Waals surface area contributed by atoms with Crippen molar-refractivity contribution in [3.05, 3.63) is 161 Å². The molecule has 1 aliphatic heterocycles. The predicted octanol–water partition coefficient (Wildman–Crippen LogP) is -4.38. The molecule has 13 atom stereocenters. The summed E-state index contributed by atoms with van der Waals surface area (Å²) in [5.41, 5.74) is 21.2. The van der Waals surface area contributed by atoms with Crippen molar-refractivity contribution in [1.82, 2.24) is 74.1 Å². The van der Waals surface area contributed by atoms with E-state index >= 15 is 0 Å². The largest absolute Gasteiger partial charge is 0.481 e. The number of carbonyl (C=O) groups excluding carboxylic acids is 16. The van der Waals surface area contributed by atoms with Gasteiger partial charge in [0.2, 0.25) is 76.8 Å². The first-order valence-corrected chi connectivity index (χ1v) is 39.1. The third-order valence-corrected chi connectivity index (χ3v) is 19.3. The van der Waals surface area contributed by atoms with E-state index in [9.17, 15) is 121 Å². The van der Waals surface area contributed by atoms with Crippen LogP contribution in [-0.4, -0.2) is 248 Å². The molecular formula is C83H95N17O26. The van der Waals surface area contributed by atoms with Gasteiger partial charge in [-0.05, 0) is 110 Å². The van der Waals surface area contributed by atoms with Gasteiger partial charge in [-0.1, -0.05) is 91.6 Å². The number of carbonyl (C=O) groups is 20. The highest BCUT2D eigenvalue weighted by atomic mass is 16.5. The van der Waals surface area contributed by atoms with E-state index in [1.54, 1.807) is 42.6 Å². The first-order valence-electron chi connectivity index (χ1n) is 39.1. The number of carboxylic acids is 4. The van der Waals surface area contributed by atoms with E-state index in [-0.39, 0.29) is 36.2 Å². The number of nitrogens with two attached hydrogens (primary N) is 3. The minimum atomic E-state index is -2.48. The highest BCUT2D eigenvalue weighted by molar-refractivity contribution is 6.06. The Hall–Kier alpha value is -15.5. The summed E-state index contributed by atoms with van der Waals surface area (Å²) >= 11 is 0. The summed E-state index contributed by atoms with van der Waals surface area (Å²) < 4.78 is 5.70. The second kappa shape index (κ2) is 47.1. The Kier molecular flexibility index (Phi) is 36.5. The quantitative estimate of drug-likeness (QED) is 0.00913. The van der Waals surface area contributed by atoms with Crippen LogP contribution in [0.25, 0.3) is 22.0 Å². The van der Waals surface area contributed by atoms with Crippen molar-refractivity contribution < 1.29 is 126 Å². The predicted molar refractivity (Wildman–Crippen MR) is 441 cm³/mol. The van der Waals surface area contributed by atoms with Crippen molar-refractivity contribution >= 4 is 135 Å². The zero-order valence-electron chi connectivity index (χ0n) is 67.9. The number of rotatable bonds is 29. The van der Waals surface area contributed by atoms with Crippen LogP contribution < -0.4 is 86.3 Å². The summed E-state index contributed by atoms with van der Waals surface area (Å²) in [7, 11) is 0. The second-order valence-electron chi connectivity index (χ2n) is 29.1. The number of fused-ring (bicyclic) bond motifs is 1. The number of aromatic nitrogens is 1. The number of aliphatic hydroxyl groups is 1. The van der Waals surface area contributed by atoms with E-state index in [1.807, 2.05) is 70.5 Å². The molecule has 2 heterocycles. The van der Waals surface area contributed by atoms with E-state index < -0.39 is 261 Å². The lowest BCUT2D eigenvalue weighted by molar-refractivity contribution is -0.156. The number of nitrogens with one attached hydrogen (secondary N) is 14. The average Bonchev–Trinajstić information content (AvgIpc) is 1.65. The van der Waals surface area contributed by atoms with Crippen molar-refractivity contribution in [3.8, 4) is 23.0 Å². The third-order valence-electron chi connectivity index (χ3n) is 19.3. The molecule has 25 N–H and O–H groups in total. The van der Waals surface area contributed by atoms with Crippen LogP contribution in [0.2, 0.25) is 0 Å². The molecule has 43 nitrogen and oxygen atoms in total. The molecule has 668 valence electrons. The molecule has 1 saturated heterocycles. The molecule has 1 aliphatic rings. The summed E-state index contributed by atoms with van der Waals surface area (Å²) in [6.45, 7) is -1.02. The first-order chi connectivity index (χ1) is 59.8. The SMILES string of the molecule is C[C@H]1NC(=O)[C@H](CC(=O)O)NC(=O)[C@H](CCCN)NC(=O)CNC(=O)[C@@H](NC(=O)[C@H](CC(=O)O)NC(=O)[C@H](CC(N)=O)NC(=O)[C@H](Cc2c[nH]c3ccccc23)NC(=O)c2ccc(C#Cc3ccc(-c4ccccc4)cc3)cc2)[C@@H](C)OC(=O)[C@H](CC(=O)c2ccccc2N)NC(=O)[C@H]([C@@H](C)CC(=O)O)NC(=O)[C@@H](CO)NC(=O)CNC(=O)[C@H](CC(=O)O)NC1=O. The van der Waals surface area contributed by atoms with Crippen LogP contribution in [0.4, 0.5) is 5.69 Å². The number of hydrogen-bond acceptors (Lipinski definition) is 24. The molecule has 0 aliphatic carbocycles. The highest BCUT2D eigenvalue weighted by Gasteiger charge is 2.41. The Balaban J connectivity index is 1.24. The Morgan fingerprint density at radius 1 is 0.516 bits per heavy atom. The normalized spacial score (nSPS) is 20.2. The number of aliphatic hydroxyl groups excluding tert-OH is 1. The van der Waals surface area contributed by atoms with Crippen molar-refractivity contribution in [2.24, 2.45) is 17.4 Å². The number of ketones is 1. The number of aromatic amines is 1. The van der Waals surface area contributed by atoms with Gasteiger partial charge in [0.15, 0.2) is 5.78 Å². The van der Waals surface area contributed by atoms with Crippen molar-refractivity contribution in [2.45, 2.75) is 151 Å². The maximum atomic E-state index is 14.9. The zero-order chi connectivity index (χ0) is 92.6. The van der Waals surface area contributed by atoms with Crippen molar-refractivity contribution in [2.75, 3.05) is 32.0 Å². The van der Waals surface area contributed by atoms with Crippen molar-refractivity contribution in [1.29, 1.82) is 0 Å². The number of benzene rings is 5. The fraction of sp³-hybridized carbons (Fsp3) is 0.349. The summed E-state index contributed by atoms with van der Waals surface area (Å²) in [5.74, 6) is -24.3. The van der Waals surface area contributed by atoms with Gasteiger partial charge in [-0.2, -0.15) is 0 Å². The third kappa shape index (κ3) is 30.0. The summed E-state index contributed by atoms with van der Waals surface area (Å²) in [5, 5.41) is 78.8. The van der Waals surface area contributed by atoms with Gasteiger partial charge in [0.25, 0.3) is 5.91 Å². The Bertz CT molecular complexity index is 5150. The molecule has 126 heavy (non-hydrogen) atoms. The molecule has 5 aromatic carbocycles. The van der Waals surface area contributed by atoms with E-state index in [0.29, 0.717) is 27.6 Å². The molecule has 14 amide bonds. The van der Waals surface area contributed by atoms with Gasteiger partial charge in [-0.3, -0.25) is 91.1 Å². The number of hydrogen-bond donors (Lipinski definition) is 22. The molecule has 0 unspecified atom stereocenters. The number of amides is 14. The van der Waals surface area contributed by atoms with Crippen LogP contribution in [-0.2, 0) is 97.5 Å². The van der Waals surface area contributed by atoms with E-state index in [1.165, 1.54) is 36.4 Å². The monoisotopic (exact) mass is 1750 g/mol. The standard InChI is InChI=1S/C83H95N17O26/c1-41(30-66(106)107)70-82(124)98-60(32-62(102)51-15-7-9-16-52(51)85)83(125)126-43(3)71(81(123)89-39-64(104)91-54(18-11-29-84)75(117)96-58(35-68(110)111)76(118)90-42(2)72(114)93-57(34-67(108)109)74(116)88-38-65(105)92-61(40-101)80(122)99-70)100-79(121)59(36-69(112)113)97-78(120)56(33-63(86)103)95-77(119)55(31-49-37-87-53-17-10-8-14-50(49)53)94-73(115)48-27-23-45(24-28-48)20-19-44-21-25-47(26-22-44)46-12-5-4-6-13-46/h4-10,12-17,21-28,37,41-43,54-61,70-71,87,101H,11,18,29-36,38-40,84-85H2,1-3H3,(H2,86,103)(H,88,116)(H,89,123)(H,90,118)(H,91,104)(H,92,105)(H,93,114)(H,94,115)(H,95,119)(H,96,117)(H,97,120)(H,98,124)(H,99,122)(H,100,121)(H,106,107)(H,108,109)(H,110,111)(H,112,113)/t41-,42+,43+,54-,55-,56-,57-,58-,59-,60-,61+,70-,71-/m0/s1. The lowest BCUT2D eigenvalue weighted by Crippen LogP contribution is -2.62. The lowest BCUT2D eigenvalue weighted by Gasteiger charge is -2.30. The fourth-order valence-corrected chi connectivity index (χ4v) is 12.7. The first kappa shape index (κ1) is 97.6. The number of anilines is 1. The number of nitrogen functional groups attached to an aromatic ring is 1. The van der Waals surface area contributed by atoms with Crippen LogP contribution in [0.3, 0.4) is 0 Å². The molecule has 43 heteroatoms. The molecule has 0 saturated carbocycles. The highest BCUT2D eigenvalue weighted by Crippen LogP contribution is 2.23. The van der Waals surface area contributed by atoms with E-state index in [2.05, 4.69) is 70.0 Å². The van der Waals surface area contributed by atoms with Crippen LogP contribution in [0, 0.1) is 17.8 Å². The molecule has 7 rings (SSSR count). The molecular weight excluding hydrogens is 1650 g/mol. The fourth-order valence-electron chi connectivity index (χ4n) is 12.7. The molecule has 0 spiro atoms. The summed E-state index contributed by atoms with van der Waals surface area (Å²) in [6, 6.07) is 12.1. The van der Waals surface area contributed by atoms with Gasteiger partial charge in [0, 0.05) is 57.9 Å².